The molecule has 0 bridgehead atoms. The monoisotopic (exact) mass is 211 g/mol. The summed E-state index contributed by atoms with van der Waals surface area (Å²) >= 11 is 1.70. The zero-order chi connectivity index (χ0) is 9.80. The number of rotatable bonds is 4. The molecule has 0 aliphatic carbocycles. The van der Waals surface area contributed by atoms with E-state index >= 15 is 0 Å². The van der Waals surface area contributed by atoms with Crippen LogP contribution in [0.5, 0.6) is 0 Å². The van der Waals surface area contributed by atoms with E-state index in [1.807, 2.05) is 11.7 Å². The van der Waals surface area contributed by atoms with E-state index in [9.17, 15) is 0 Å². The van der Waals surface area contributed by atoms with Gasteiger partial charge in [0.2, 0.25) is 0 Å². The molecule has 2 N–H and O–H groups in total. The average molecular weight is 211 g/mol. The summed E-state index contributed by atoms with van der Waals surface area (Å²) in [5.41, 5.74) is 7.95. The molecular weight excluding hydrogens is 194 g/mol. The van der Waals surface area contributed by atoms with Gasteiger partial charge in [-0.15, -0.1) is 11.3 Å². The highest BCUT2D eigenvalue weighted by molar-refractivity contribution is 7.09. The van der Waals surface area contributed by atoms with Crippen LogP contribution >= 0.6 is 11.3 Å². The molecule has 1 aromatic rings. The highest BCUT2D eigenvalue weighted by Crippen LogP contribution is 2.11. The fourth-order valence-electron chi connectivity index (χ4n) is 1.96. The van der Waals surface area contributed by atoms with Gasteiger partial charge >= 0.3 is 0 Å². The molecule has 0 amide bonds. The maximum atomic E-state index is 6.08. The smallest absolute Gasteiger partial charge is 0.0794 e. The molecule has 78 valence electrons. The Morgan fingerprint density at radius 1 is 1.50 bits per heavy atom. The van der Waals surface area contributed by atoms with Crippen LogP contribution < -0.4 is 5.73 Å². The van der Waals surface area contributed by atoms with E-state index in [4.69, 9.17) is 5.73 Å². The SMILES string of the molecule is NC(Cc1cncs1)CN1CCCC1. The van der Waals surface area contributed by atoms with Crippen molar-refractivity contribution >= 4 is 11.3 Å². The second-order valence-corrected chi connectivity index (χ2v) is 4.91. The highest BCUT2D eigenvalue weighted by atomic mass is 32.1. The molecule has 0 radical (unpaired) electrons. The van der Waals surface area contributed by atoms with Crippen molar-refractivity contribution in [1.29, 1.82) is 0 Å². The first kappa shape index (κ1) is 10.1. The van der Waals surface area contributed by atoms with Crippen molar-refractivity contribution in [2.24, 2.45) is 5.73 Å². The minimum absolute atomic E-state index is 0.272. The Labute approximate surface area is 88.9 Å². The fourth-order valence-corrected chi connectivity index (χ4v) is 2.65. The molecule has 1 saturated heterocycles. The molecule has 2 rings (SSSR count). The minimum atomic E-state index is 0.272. The number of hydrogen-bond acceptors (Lipinski definition) is 4. The number of likely N-dealkylation sites (tertiary alicyclic amines) is 1. The van der Waals surface area contributed by atoms with Crippen LogP contribution in [0.25, 0.3) is 0 Å². The predicted octanol–water partition coefficient (Wildman–Crippen LogP) is 1.11. The van der Waals surface area contributed by atoms with Crippen molar-refractivity contribution in [2.45, 2.75) is 25.3 Å². The molecule has 0 aromatic carbocycles. The average Bonchev–Trinajstić information content (AvgIpc) is 2.76. The van der Waals surface area contributed by atoms with Crippen molar-refractivity contribution in [3.05, 3.63) is 16.6 Å². The van der Waals surface area contributed by atoms with Crippen molar-refractivity contribution < 1.29 is 0 Å². The lowest BCUT2D eigenvalue weighted by Crippen LogP contribution is -2.37. The third-order valence-corrected chi connectivity index (χ3v) is 3.44. The summed E-state index contributed by atoms with van der Waals surface area (Å²) in [4.78, 5) is 7.82. The second-order valence-electron chi connectivity index (χ2n) is 3.94. The maximum absolute atomic E-state index is 6.08. The summed E-state index contributed by atoms with van der Waals surface area (Å²) in [7, 11) is 0. The minimum Gasteiger partial charge on any atom is -0.326 e. The molecule has 0 saturated carbocycles. The fraction of sp³-hybridized carbons (Fsp3) is 0.700. The Bertz CT molecular complexity index is 254. The number of thiazole rings is 1. The van der Waals surface area contributed by atoms with Crippen LogP contribution in [0.15, 0.2) is 11.7 Å². The molecule has 1 atom stereocenters. The summed E-state index contributed by atoms with van der Waals surface area (Å²) in [6.07, 6.45) is 5.58. The van der Waals surface area contributed by atoms with Gasteiger partial charge in [-0.25, -0.2) is 0 Å². The van der Waals surface area contributed by atoms with Crippen LogP contribution in [-0.4, -0.2) is 35.6 Å². The van der Waals surface area contributed by atoms with Gasteiger partial charge < -0.3 is 10.6 Å². The predicted molar refractivity (Wildman–Crippen MR) is 59.5 cm³/mol. The van der Waals surface area contributed by atoms with Crippen molar-refractivity contribution in [1.82, 2.24) is 9.88 Å². The first-order chi connectivity index (χ1) is 6.84. The van der Waals surface area contributed by atoms with Crippen LogP contribution in [0.1, 0.15) is 17.7 Å². The van der Waals surface area contributed by atoms with Crippen LogP contribution in [-0.2, 0) is 6.42 Å². The molecule has 4 heteroatoms. The van der Waals surface area contributed by atoms with E-state index in [0.29, 0.717) is 0 Å². The van der Waals surface area contributed by atoms with Gasteiger partial charge in [0, 0.05) is 23.7 Å². The molecule has 1 aliphatic rings. The highest BCUT2D eigenvalue weighted by Gasteiger charge is 2.15. The summed E-state index contributed by atoms with van der Waals surface area (Å²) in [6, 6.07) is 0.272. The van der Waals surface area contributed by atoms with Gasteiger partial charge in [-0.1, -0.05) is 0 Å². The Kier molecular flexibility index (Phi) is 3.50. The van der Waals surface area contributed by atoms with Crippen LogP contribution in [0.3, 0.4) is 0 Å². The molecule has 3 nitrogen and oxygen atoms in total. The van der Waals surface area contributed by atoms with Crippen LogP contribution in [0.4, 0.5) is 0 Å². The van der Waals surface area contributed by atoms with Gasteiger partial charge in [-0.05, 0) is 32.4 Å². The second kappa shape index (κ2) is 4.87. The Hall–Kier alpha value is -0.450. The van der Waals surface area contributed by atoms with Gasteiger partial charge in [0.1, 0.15) is 0 Å². The molecule has 1 aromatic heterocycles. The van der Waals surface area contributed by atoms with Crippen LogP contribution in [0.2, 0.25) is 0 Å². The summed E-state index contributed by atoms with van der Waals surface area (Å²) < 4.78 is 0. The van der Waals surface area contributed by atoms with Crippen LogP contribution in [0, 0.1) is 0 Å². The van der Waals surface area contributed by atoms with Crippen molar-refractivity contribution in [3.63, 3.8) is 0 Å². The normalized spacial score (nSPS) is 20.1. The lowest BCUT2D eigenvalue weighted by molar-refractivity contribution is 0.313. The standard InChI is InChI=1S/C10H17N3S/c11-9(5-10-6-12-8-14-10)7-13-3-1-2-4-13/h6,8-9H,1-5,7,11H2. The lowest BCUT2D eigenvalue weighted by atomic mass is 10.2. The van der Waals surface area contributed by atoms with E-state index in [-0.39, 0.29) is 6.04 Å². The van der Waals surface area contributed by atoms with Gasteiger partial charge in [-0.2, -0.15) is 0 Å². The number of nitrogens with two attached hydrogens (primary N) is 1. The third-order valence-electron chi connectivity index (χ3n) is 2.64. The van der Waals surface area contributed by atoms with Gasteiger partial charge in [-0.3, -0.25) is 4.98 Å². The number of aromatic nitrogens is 1. The quantitative estimate of drug-likeness (QED) is 0.811. The van der Waals surface area contributed by atoms with E-state index in [0.717, 1.165) is 13.0 Å². The lowest BCUT2D eigenvalue weighted by Gasteiger charge is -2.19. The Morgan fingerprint density at radius 2 is 2.29 bits per heavy atom. The van der Waals surface area contributed by atoms with Gasteiger partial charge in [0.05, 0.1) is 5.51 Å². The zero-order valence-electron chi connectivity index (χ0n) is 8.35. The first-order valence-corrected chi connectivity index (χ1v) is 6.08. The van der Waals surface area contributed by atoms with E-state index in [1.54, 1.807) is 11.3 Å². The molecule has 14 heavy (non-hydrogen) atoms. The van der Waals surface area contributed by atoms with Gasteiger partial charge in [0.15, 0.2) is 0 Å². The van der Waals surface area contributed by atoms with Crippen molar-refractivity contribution in [3.8, 4) is 0 Å². The summed E-state index contributed by atoms with van der Waals surface area (Å²) in [6.45, 7) is 3.50. The Morgan fingerprint density at radius 3 is 2.93 bits per heavy atom. The maximum Gasteiger partial charge on any atom is 0.0794 e. The number of nitrogens with zero attached hydrogens (tertiary/aromatic N) is 2. The van der Waals surface area contributed by atoms with Crippen molar-refractivity contribution in [2.75, 3.05) is 19.6 Å². The first-order valence-electron chi connectivity index (χ1n) is 5.20. The van der Waals surface area contributed by atoms with E-state index in [1.165, 1.54) is 30.8 Å². The van der Waals surface area contributed by atoms with E-state index < -0.39 is 0 Å². The third kappa shape index (κ3) is 2.77. The molecule has 1 aliphatic heterocycles. The molecule has 0 spiro atoms. The summed E-state index contributed by atoms with van der Waals surface area (Å²) in [5, 5.41) is 0. The summed E-state index contributed by atoms with van der Waals surface area (Å²) in [5.74, 6) is 0. The topological polar surface area (TPSA) is 42.1 Å². The Balaban J connectivity index is 1.75. The molecule has 2 heterocycles. The number of hydrogen-bond donors (Lipinski definition) is 1. The largest absolute Gasteiger partial charge is 0.326 e. The zero-order valence-corrected chi connectivity index (χ0v) is 9.17. The van der Waals surface area contributed by atoms with Gasteiger partial charge in [0.25, 0.3) is 0 Å². The molecule has 1 fully saturated rings. The molecule has 1 unspecified atom stereocenters. The molecular formula is C10H17N3S. The van der Waals surface area contributed by atoms with E-state index in [2.05, 4.69) is 9.88 Å².